The van der Waals surface area contributed by atoms with Gasteiger partial charge in [-0.05, 0) is 48.7 Å². The molecule has 0 saturated carbocycles. The zero-order chi connectivity index (χ0) is 14.2. The molecule has 0 spiro atoms. The Labute approximate surface area is 109 Å². The number of aryl methyl sites for hydroxylation is 2. The van der Waals surface area contributed by atoms with E-state index in [-0.39, 0.29) is 11.1 Å². The molecule has 1 nitrogen and oxygen atoms in total. The number of hydrogen-bond donors (Lipinski definition) is 1. The van der Waals surface area contributed by atoms with Crippen molar-refractivity contribution in [2.45, 2.75) is 19.9 Å². The fourth-order valence-corrected chi connectivity index (χ4v) is 1.88. The van der Waals surface area contributed by atoms with Crippen LogP contribution >= 0.6 is 0 Å². The van der Waals surface area contributed by atoms with E-state index in [1.54, 1.807) is 19.1 Å². The van der Waals surface area contributed by atoms with E-state index in [9.17, 15) is 13.2 Å². The zero-order valence-electron chi connectivity index (χ0n) is 10.7. The van der Waals surface area contributed by atoms with Gasteiger partial charge in [-0.15, -0.1) is 0 Å². The molecule has 2 aromatic carbocycles. The fraction of sp³-hybridized carbons (Fsp3) is 0.200. The molecular formula is C15H14F3N. The summed E-state index contributed by atoms with van der Waals surface area (Å²) >= 11 is 0. The van der Waals surface area contributed by atoms with E-state index in [1.165, 1.54) is 13.0 Å². The topological polar surface area (TPSA) is 26.0 Å². The molecule has 0 aliphatic carbocycles. The molecule has 4 heteroatoms. The second kappa shape index (κ2) is 5.05. The molecule has 0 fully saturated rings. The van der Waals surface area contributed by atoms with Gasteiger partial charge in [0.25, 0.3) is 0 Å². The van der Waals surface area contributed by atoms with E-state index in [2.05, 4.69) is 0 Å². The van der Waals surface area contributed by atoms with Crippen LogP contribution in [0.5, 0.6) is 0 Å². The lowest BCUT2D eigenvalue weighted by Crippen LogP contribution is -2.14. The first-order valence-electron chi connectivity index (χ1n) is 5.87. The molecule has 100 valence electrons. The summed E-state index contributed by atoms with van der Waals surface area (Å²) in [6.45, 7) is 3.09. The van der Waals surface area contributed by atoms with Crippen LogP contribution in [0.4, 0.5) is 13.2 Å². The Hall–Kier alpha value is -1.81. The van der Waals surface area contributed by atoms with Crippen LogP contribution in [0.3, 0.4) is 0 Å². The highest BCUT2D eigenvalue weighted by atomic mass is 19.1. The van der Waals surface area contributed by atoms with Crippen LogP contribution in [0.25, 0.3) is 0 Å². The summed E-state index contributed by atoms with van der Waals surface area (Å²) < 4.78 is 40.8. The lowest BCUT2D eigenvalue weighted by atomic mass is 9.97. The van der Waals surface area contributed by atoms with Crippen molar-refractivity contribution < 1.29 is 13.2 Å². The highest BCUT2D eigenvalue weighted by molar-refractivity contribution is 5.36. The number of nitrogens with two attached hydrogens (primary N) is 1. The van der Waals surface area contributed by atoms with Crippen molar-refractivity contribution in [2.24, 2.45) is 5.73 Å². The minimum Gasteiger partial charge on any atom is -0.320 e. The Morgan fingerprint density at radius 3 is 2.11 bits per heavy atom. The van der Waals surface area contributed by atoms with Crippen LogP contribution in [0.2, 0.25) is 0 Å². The van der Waals surface area contributed by atoms with E-state index >= 15 is 0 Å². The molecule has 0 aliphatic heterocycles. The van der Waals surface area contributed by atoms with Crippen molar-refractivity contribution in [1.29, 1.82) is 0 Å². The minimum atomic E-state index is -0.898. The Morgan fingerprint density at radius 1 is 0.842 bits per heavy atom. The Balaban J connectivity index is 2.46. The van der Waals surface area contributed by atoms with Gasteiger partial charge < -0.3 is 5.73 Å². The third kappa shape index (κ3) is 2.63. The molecule has 1 atom stereocenters. The van der Waals surface area contributed by atoms with Crippen molar-refractivity contribution in [1.82, 2.24) is 0 Å². The quantitative estimate of drug-likeness (QED) is 0.878. The maximum atomic E-state index is 13.8. The second-order valence-electron chi connectivity index (χ2n) is 4.61. The van der Waals surface area contributed by atoms with Crippen LogP contribution < -0.4 is 5.73 Å². The summed E-state index contributed by atoms with van der Waals surface area (Å²) in [5.41, 5.74) is 7.00. The van der Waals surface area contributed by atoms with Gasteiger partial charge in [0.15, 0.2) is 0 Å². The predicted molar refractivity (Wildman–Crippen MR) is 68.3 cm³/mol. The van der Waals surface area contributed by atoms with Gasteiger partial charge in [-0.3, -0.25) is 0 Å². The van der Waals surface area contributed by atoms with Crippen LogP contribution in [0.1, 0.15) is 28.3 Å². The minimum absolute atomic E-state index is 0.0198. The van der Waals surface area contributed by atoms with E-state index in [1.807, 2.05) is 0 Å². The summed E-state index contributed by atoms with van der Waals surface area (Å²) in [4.78, 5) is 0. The highest BCUT2D eigenvalue weighted by Crippen LogP contribution is 2.25. The molecule has 2 N–H and O–H groups in total. The Morgan fingerprint density at radius 2 is 1.47 bits per heavy atom. The van der Waals surface area contributed by atoms with Crippen molar-refractivity contribution >= 4 is 0 Å². The van der Waals surface area contributed by atoms with E-state index < -0.39 is 23.5 Å². The normalized spacial score (nSPS) is 12.5. The summed E-state index contributed by atoms with van der Waals surface area (Å²) in [6.07, 6.45) is 0. The molecular weight excluding hydrogens is 251 g/mol. The average molecular weight is 265 g/mol. The van der Waals surface area contributed by atoms with E-state index in [0.717, 1.165) is 12.1 Å². The lowest BCUT2D eigenvalue weighted by Gasteiger charge is -2.15. The third-order valence-electron chi connectivity index (χ3n) is 3.17. The maximum absolute atomic E-state index is 13.8. The number of benzene rings is 2. The van der Waals surface area contributed by atoms with Crippen molar-refractivity contribution in [3.63, 3.8) is 0 Å². The molecule has 0 amide bonds. The van der Waals surface area contributed by atoms with Gasteiger partial charge in [0, 0.05) is 5.56 Å². The smallest absolute Gasteiger partial charge is 0.128 e. The third-order valence-corrected chi connectivity index (χ3v) is 3.17. The average Bonchev–Trinajstić information content (AvgIpc) is 2.36. The summed E-state index contributed by atoms with van der Waals surface area (Å²) in [5, 5.41) is 0. The summed E-state index contributed by atoms with van der Waals surface area (Å²) in [6, 6.07) is 5.68. The standard InChI is InChI=1S/C15H14F3N/c1-8-3-4-10(6-12(8)16)15(19)11-7-13(17)9(2)5-14(11)18/h3-7,15H,19H2,1-2H3. The largest absolute Gasteiger partial charge is 0.320 e. The van der Waals surface area contributed by atoms with Crippen LogP contribution in [0.15, 0.2) is 30.3 Å². The molecule has 1 unspecified atom stereocenters. The molecule has 0 aliphatic rings. The first-order valence-corrected chi connectivity index (χ1v) is 5.87. The first kappa shape index (κ1) is 13.6. The number of rotatable bonds is 2. The van der Waals surface area contributed by atoms with Gasteiger partial charge in [-0.2, -0.15) is 0 Å². The van der Waals surface area contributed by atoms with Gasteiger partial charge in [-0.25, -0.2) is 13.2 Å². The molecule has 19 heavy (non-hydrogen) atoms. The second-order valence-corrected chi connectivity index (χ2v) is 4.61. The van der Waals surface area contributed by atoms with Gasteiger partial charge >= 0.3 is 0 Å². The molecule has 0 saturated heterocycles. The zero-order valence-corrected chi connectivity index (χ0v) is 10.7. The van der Waals surface area contributed by atoms with Crippen LogP contribution in [0, 0.1) is 31.3 Å². The molecule has 0 aromatic heterocycles. The van der Waals surface area contributed by atoms with E-state index in [0.29, 0.717) is 11.1 Å². The Kier molecular flexibility index (Phi) is 3.62. The molecule has 0 radical (unpaired) electrons. The SMILES string of the molecule is Cc1ccc(C(N)c2cc(F)c(C)cc2F)cc1F. The predicted octanol–water partition coefficient (Wildman–Crippen LogP) is 3.77. The van der Waals surface area contributed by atoms with Gasteiger partial charge in [0.2, 0.25) is 0 Å². The van der Waals surface area contributed by atoms with Gasteiger partial charge in [0.05, 0.1) is 6.04 Å². The highest BCUT2D eigenvalue weighted by Gasteiger charge is 2.17. The number of halogens is 3. The Bertz CT molecular complexity index is 623. The summed E-state index contributed by atoms with van der Waals surface area (Å²) in [7, 11) is 0. The number of hydrogen-bond acceptors (Lipinski definition) is 1. The van der Waals surface area contributed by atoms with Gasteiger partial charge in [-0.1, -0.05) is 12.1 Å². The monoisotopic (exact) mass is 265 g/mol. The van der Waals surface area contributed by atoms with Crippen molar-refractivity contribution in [2.75, 3.05) is 0 Å². The molecule has 0 heterocycles. The first-order chi connectivity index (χ1) is 8.90. The van der Waals surface area contributed by atoms with E-state index in [4.69, 9.17) is 5.73 Å². The molecule has 0 bridgehead atoms. The summed E-state index contributed by atoms with van der Waals surface area (Å²) in [5.74, 6) is -1.53. The van der Waals surface area contributed by atoms with Crippen LogP contribution in [-0.4, -0.2) is 0 Å². The maximum Gasteiger partial charge on any atom is 0.128 e. The lowest BCUT2D eigenvalue weighted by molar-refractivity contribution is 0.569. The van der Waals surface area contributed by atoms with Crippen molar-refractivity contribution in [3.05, 3.63) is 70.0 Å². The van der Waals surface area contributed by atoms with Crippen LogP contribution in [-0.2, 0) is 0 Å². The molecule has 2 aromatic rings. The molecule has 2 rings (SSSR count). The van der Waals surface area contributed by atoms with Crippen molar-refractivity contribution in [3.8, 4) is 0 Å². The van der Waals surface area contributed by atoms with Gasteiger partial charge in [0.1, 0.15) is 17.5 Å². The fourth-order valence-electron chi connectivity index (χ4n) is 1.88.